The molecule has 37 heavy (non-hydrogen) atoms. The van der Waals surface area contributed by atoms with Gasteiger partial charge in [0.1, 0.15) is 0 Å². The Morgan fingerprint density at radius 1 is 1.00 bits per heavy atom. The van der Waals surface area contributed by atoms with E-state index in [4.69, 9.17) is 9.97 Å². The van der Waals surface area contributed by atoms with E-state index < -0.39 is 17.6 Å². The molecule has 1 amide bonds. The number of nitrogens with zero attached hydrogens (tertiary/aromatic N) is 4. The topological polar surface area (TPSA) is 72.7 Å². The van der Waals surface area contributed by atoms with Crippen molar-refractivity contribution in [2.75, 3.05) is 5.32 Å². The number of fused-ring (bicyclic) bond motifs is 1. The number of carbonyl (C=O) groups is 1. The lowest BCUT2D eigenvalue weighted by molar-refractivity contribution is -0.137. The van der Waals surface area contributed by atoms with E-state index in [1.165, 1.54) is 12.1 Å². The van der Waals surface area contributed by atoms with Crippen LogP contribution in [0.1, 0.15) is 32.7 Å². The molecule has 0 atom stereocenters. The van der Waals surface area contributed by atoms with Crippen LogP contribution in [0.2, 0.25) is 0 Å². The Labute approximate surface area is 210 Å². The maximum atomic E-state index is 13.1. The van der Waals surface area contributed by atoms with Crippen molar-refractivity contribution < 1.29 is 18.0 Å². The number of hydrogen-bond donors (Lipinski definition) is 1. The van der Waals surface area contributed by atoms with E-state index in [0.29, 0.717) is 17.8 Å². The Hall–Kier alpha value is -4.53. The molecule has 0 bridgehead atoms. The molecule has 186 valence electrons. The predicted molar refractivity (Wildman–Crippen MR) is 135 cm³/mol. The van der Waals surface area contributed by atoms with Crippen LogP contribution < -0.4 is 5.32 Å². The average Bonchev–Trinajstić information content (AvgIpc) is 3.26. The Balaban J connectivity index is 1.47. The molecule has 5 rings (SSSR count). The number of hydrogen-bond acceptors (Lipinski definition) is 4. The summed E-state index contributed by atoms with van der Waals surface area (Å²) in [6.07, 6.45) is 1.23. The quantitative estimate of drug-likeness (QED) is 0.311. The molecule has 3 heterocycles. The van der Waals surface area contributed by atoms with Crippen molar-refractivity contribution in [2.45, 2.75) is 19.5 Å². The molecule has 5 aromatic rings. The number of rotatable bonds is 5. The SMILES string of the molecule is Cc1ccc(C(=O)Nc2cccc(C(F)(F)F)c2)cc1Cc1nc(-c2ccncc2)nc2ccn(C)c12. The summed E-state index contributed by atoms with van der Waals surface area (Å²) in [6, 6.07) is 15.4. The summed E-state index contributed by atoms with van der Waals surface area (Å²) in [6.45, 7) is 1.94. The molecule has 6 nitrogen and oxygen atoms in total. The number of aromatic nitrogens is 4. The standard InChI is InChI=1S/C28H22F3N5O/c1-17-6-7-19(27(37)33-22-5-3-4-21(16-22)28(29,30)31)14-20(17)15-24-25-23(10-13-36(25)2)34-26(35-24)18-8-11-32-12-9-18/h3-14,16H,15H2,1-2H3,(H,33,37). The summed E-state index contributed by atoms with van der Waals surface area (Å²) in [5, 5.41) is 2.57. The Morgan fingerprint density at radius 2 is 1.78 bits per heavy atom. The molecule has 0 fully saturated rings. The lowest BCUT2D eigenvalue weighted by atomic mass is 9.99. The normalized spacial score (nSPS) is 11.6. The number of halogens is 3. The Kier molecular flexibility index (Phi) is 6.20. The molecule has 0 spiro atoms. The van der Waals surface area contributed by atoms with Crippen LogP contribution in [0.5, 0.6) is 0 Å². The van der Waals surface area contributed by atoms with Crippen LogP contribution in [0.15, 0.2) is 79.3 Å². The molecular weight excluding hydrogens is 479 g/mol. The molecule has 0 radical (unpaired) electrons. The molecule has 0 aliphatic heterocycles. The molecule has 1 N–H and O–H groups in total. The Bertz CT molecular complexity index is 1610. The minimum atomic E-state index is -4.49. The van der Waals surface area contributed by atoms with Crippen LogP contribution >= 0.6 is 0 Å². The molecule has 0 unspecified atom stereocenters. The lowest BCUT2D eigenvalue weighted by Gasteiger charge is -2.13. The molecule has 0 aliphatic carbocycles. The molecule has 0 aliphatic rings. The van der Waals surface area contributed by atoms with E-state index in [2.05, 4.69) is 10.3 Å². The number of nitrogens with one attached hydrogen (secondary N) is 1. The highest BCUT2D eigenvalue weighted by atomic mass is 19.4. The molecule has 9 heteroatoms. The zero-order chi connectivity index (χ0) is 26.2. The third-order valence-electron chi connectivity index (χ3n) is 6.15. The van der Waals surface area contributed by atoms with Gasteiger partial charge >= 0.3 is 6.18 Å². The van der Waals surface area contributed by atoms with Crippen molar-refractivity contribution in [1.82, 2.24) is 19.5 Å². The van der Waals surface area contributed by atoms with Gasteiger partial charge in [0.15, 0.2) is 5.82 Å². The first-order valence-electron chi connectivity index (χ1n) is 11.5. The number of benzene rings is 2. The number of pyridine rings is 1. The number of amides is 1. The molecule has 0 saturated carbocycles. The van der Waals surface area contributed by atoms with Crippen LogP contribution in [-0.2, 0) is 19.6 Å². The summed E-state index contributed by atoms with van der Waals surface area (Å²) >= 11 is 0. The molecule has 2 aromatic carbocycles. The van der Waals surface area contributed by atoms with Crippen molar-refractivity contribution >= 4 is 22.6 Å². The van der Waals surface area contributed by atoms with Gasteiger partial charge in [-0.05, 0) is 66.6 Å². The van der Waals surface area contributed by atoms with Gasteiger partial charge in [-0.25, -0.2) is 9.97 Å². The van der Waals surface area contributed by atoms with Crippen LogP contribution in [0.25, 0.3) is 22.4 Å². The fourth-order valence-corrected chi connectivity index (χ4v) is 4.19. The van der Waals surface area contributed by atoms with Gasteiger partial charge in [0.05, 0.1) is 22.3 Å². The van der Waals surface area contributed by atoms with E-state index in [-0.39, 0.29) is 5.69 Å². The van der Waals surface area contributed by atoms with Gasteiger partial charge in [-0.2, -0.15) is 13.2 Å². The van der Waals surface area contributed by atoms with Crippen molar-refractivity contribution in [3.05, 3.63) is 107 Å². The third-order valence-corrected chi connectivity index (χ3v) is 6.15. The van der Waals surface area contributed by atoms with E-state index in [1.54, 1.807) is 24.5 Å². The Morgan fingerprint density at radius 3 is 2.54 bits per heavy atom. The average molecular weight is 502 g/mol. The van der Waals surface area contributed by atoms with Gasteiger partial charge in [-0.1, -0.05) is 12.1 Å². The van der Waals surface area contributed by atoms with Gasteiger partial charge in [0.25, 0.3) is 5.91 Å². The zero-order valence-corrected chi connectivity index (χ0v) is 20.0. The second-order valence-corrected chi connectivity index (χ2v) is 8.74. The van der Waals surface area contributed by atoms with Crippen LogP contribution in [-0.4, -0.2) is 25.4 Å². The van der Waals surface area contributed by atoms with Crippen LogP contribution in [0.4, 0.5) is 18.9 Å². The van der Waals surface area contributed by atoms with Gasteiger partial charge in [-0.3, -0.25) is 9.78 Å². The molecule has 3 aromatic heterocycles. The summed E-state index contributed by atoms with van der Waals surface area (Å²) in [4.78, 5) is 26.5. The minimum Gasteiger partial charge on any atom is -0.348 e. The highest BCUT2D eigenvalue weighted by Crippen LogP contribution is 2.31. The first-order chi connectivity index (χ1) is 17.7. The van der Waals surface area contributed by atoms with Crippen molar-refractivity contribution in [2.24, 2.45) is 7.05 Å². The van der Waals surface area contributed by atoms with E-state index in [1.807, 2.05) is 49.0 Å². The highest BCUT2D eigenvalue weighted by Gasteiger charge is 2.30. The zero-order valence-electron chi connectivity index (χ0n) is 20.0. The highest BCUT2D eigenvalue weighted by molar-refractivity contribution is 6.04. The first kappa shape index (κ1) is 24.2. The maximum Gasteiger partial charge on any atom is 0.416 e. The maximum absolute atomic E-state index is 13.1. The number of aryl methyl sites for hydroxylation is 2. The summed E-state index contributed by atoms with van der Waals surface area (Å²) in [5.74, 6) is 0.0805. The van der Waals surface area contributed by atoms with Gasteiger partial charge in [-0.15, -0.1) is 0 Å². The minimum absolute atomic E-state index is 0.0743. The molecule has 0 saturated heterocycles. The number of carbonyl (C=O) groups excluding carboxylic acids is 1. The van der Waals surface area contributed by atoms with Crippen molar-refractivity contribution in [3.8, 4) is 11.4 Å². The van der Waals surface area contributed by atoms with Crippen LogP contribution in [0.3, 0.4) is 0 Å². The number of alkyl halides is 3. The smallest absolute Gasteiger partial charge is 0.348 e. The van der Waals surface area contributed by atoms with E-state index >= 15 is 0 Å². The van der Waals surface area contributed by atoms with E-state index in [9.17, 15) is 18.0 Å². The third kappa shape index (κ3) is 5.06. The second-order valence-electron chi connectivity index (χ2n) is 8.74. The summed E-state index contributed by atoms with van der Waals surface area (Å²) < 4.78 is 41.1. The second kappa shape index (κ2) is 9.50. The molecular formula is C28H22F3N5O. The van der Waals surface area contributed by atoms with Gasteiger partial charge in [0, 0.05) is 48.9 Å². The van der Waals surface area contributed by atoms with Gasteiger partial charge in [0.2, 0.25) is 0 Å². The monoisotopic (exact) mass is 501 g/mol. The fourth-order valence-electron chi connectivity index (χ4n) is 4.19. The number of anilines is 1. The van der Waals surface area contributed by atoms with Crippen molar-refractivity contribution in [1.29, 1.82) is 0 Å². The predicted octanol–water partition coefficient (Wildman–Crippen LogP) is 6.20. The van der Waals surface area contributed by atoms with Gasteiger partial charge < -0.3 is 9.88 Å². The van der Waals surface area contributed by atoms with Crippen molar-refractivity contribution in [3.63, 3.8) is 0 Å². The summed E-state index contributed by atoms with van der Waals surface area (Å²) in [7, 11) is 1.92. The largest absolute Gasteiger partial charge is 0.416 e. The summed E-state index contributed by atoms with van der Waals surface area (Å²) in [5.41, 5.74) is 4.74. The van der Waals surface area contributed by atoms with Crippen LogP contribution in [0, 0.1) is 6.92 Å². The van der Waals surface area contributed by atoms with E-state index in [0.717, 1.165) is 45.6 Å². The fraction of sp³-hybridized carbons (Fsp3) is 0.143. The lowest BCUT2D eigenvalue weighted by Crippen LogP contribution is -2.14. The first-order valence-corrected chi connectivity index (χ1v) is 11.5.